The van der Waals surface area contributed by atoms with E-state index >= 15 is 0 Å². The van der Waals surface area contributed by atoms with Gasteiger partial charge < -0.3 is 4.74 Å². The van der Waals surface area contributed by atoms with Crippen LogP contribution in [0.5, 0.6) is 0 Å². The summed E-state index contributed by atoms with van der Waals surface area (Å²) in [6.07, 6.45) is 18.0. The van der Waals surface area contributed by atoms with Gasteiger partial charge in [-0.15, -0.1) is 0 Å². The van der Waals surface area contributed by atoms with Gasteiger partial charge >= 0.3 is 0 Å². The van der Waals surface area contributed by atoms with E-state index < -0.39 is 30.2 Å². The van der Waals surface area contributed by atoms with Crippen LogP contribution in [0.3, 0.4) is 0 Å². The average Bonchev–Trinajstić information content (AvgIpc) is 3.21. The highest BCUT2D eigenvalue weighted by atomic mass is 32.2. The van der Waals surface area contributed by atoms with E-state index in [9.17, 15) is 16.8 Å². The molecule has 2 rings (SSSR count). The Kier molecular flexibility index (Phi) is 13.3. The molecule has 0 bridgehead atoms. The second-order valence-corrected chi connectivity index (χ2v) is 15.1. The molecule has 2 fully saturated rings. The van der Waals surface area contributed by atoms with Gasteiger partial charge in [0.2, 0.25) is 0 Å². The quantitative estimate of drug-likeness (QED) is 0.201. The zero-order valence-corrected chi connectivity index (χ0v) is 22.9. The number of ether oxygens (including phenoxy) is 1. The summed E-state index contributed by atoms with van der Waals surface area (Å²) in [5, 5.41) is -0.897. The van der Waals surface area contributed by atoms with E-state index in [0.29, 0.717) is 25.7 Å². The Bertz CT molecular complexity index is 670. The van der Waals surface area contributed by atoms with E-state index in [1.165, 1.54) is 64.2 Å². The van der Waals surface area contributed by atoms with Crippen LogP contribution in [0.2, 0.25) is 0 Å². The van der Waals surface area contributed by atoms with Crippen LogP contribution in [0.15, 0.2) is 0 Å². The van der Waals surface area contributed by atoms with Crippen LogP contribution in [-0.2, 0) is 24.4 Å². The van der Waals surface area contributed by atoms with Gasteiger partial charge in [-0.25, -0.2) is 16.8 Å². The number of hydrogen-bond acceptors (Lipinski definition) is 5. The fraction of sp³-hybridized carbons (Fsp3) is 1.00. The van der Waals surface area contributed by atoms with Crippen LogP contribution in [0.4, 0.5) is 0 Å². The first kappa shape index (κ1) is 29.1. The molecule has 7 heteroatoms. The number of hydrogen-bond donors (Lipinski definition) is 0. The summed E-state index contributed by atoms with van der Waals surface area (Å²) < 4.78 is 57.1. The average molecular weight is 507 g/mol. The van der Waals surface area contributed by atoms with Crippen molar-refractivity contribution < 1.29 is 21.6 Å². The second-order valence-electron chi connectivity index (χ2n) is 10.4. The molecule has 4 atom stereocenters. The Balaban J connectivity index is 1.82. The molecule has 196 valence electrons. The fourth-order valence-electron chi connectivity index (χ4n) is 5.57. The maximum Gasteiger partial charge on any atom is 0.155 e. The fourth-order valence-corrected chi connectivity index (χ4v) is 9.67. The van der Waals surface area contributed by atoms with Crippen molar-refractivity contribution in [3.05, 3.63) is 0 Å². The molecule has 0 aromatic carbocycles. The molecule has 0 radical (unpaired) electrons. The highest BCUT2D eigenvalue weighted by molar-refractivity contribution is 7.92. The molecule has 0 N–H and O–H groups in total. The van der Waals surface area contributed by atoms with Gasteiger partial charge in [0.1, 0.15) is 0 Å². The van der Waals surface area contributed by atoms with Crippen LogP contribution < -0.4 is 0 Å². The lowest BCUT2D eigenvalue weighted by Crippen LogP contribution is -2.36. The van der Waals surface area contributed by atoms with Gasteiger partial charge in [0.15, 0.2) is 19.7 Å². The Labute approximate surface area is 204 Å². The lowest BCUT2D eigenvalue weighted by molar-refractivity contribution is -0.0122. The highest BCUT2D eigenvalue weighted by Crippen LogP contribution is 2.34. The van der Waals surface area contributed by atoms with Crippen molar-refractivity contribution in [1.29, 1.82) is 0 Å². The Morgan fingerprint density at radius 1 is 0.545 bits per heavy atom. The molecule has 2 aliphatic rings. The predicted octanol–water partition coefficient (Wildman–Crippen LogP) is 6.40. The molecule has 0 amide bonds. The van der Waals surface area contributed by atoms with Crippen molar-refractivity contribution in [1.82, 2.24) is 0 Å². The lowest BCUT2D eigenvalue weighted by Gasteiger charge is -2.26. The molecule has 0 spiro atoms. The molecule has 2 saturated heterocycles. The Hall–Kier alpha value is -0.140. The normalized spacial score (nSPS) is 28.4. The number of unbranched alkanes of at least 4 members (excludes halogenated alkanes) is 12. The van der Waals surface area contributed by atoms with Gasteiger partial charge in [-0.05, 0) is 25.7 Å². The van der Waals surface area contributed by atoms with E-state index in [2.05, 4.69) is 13.8 Å². The van der Waals surface area contributed by atoms with E-state index in [1.807, 2.05) is 0 Å². The summed E-state index contributed by atoms with van der Waals surface area (Å²) in [7, 11) is -6.26. The first-order valence-electron chi connectivity index (χ1n) is 13.9. The molecule has 4 unspecified atom stereocenters. The van der Waals surface area contributed by atoms with Gasteiger partial charge in [0.05, 0.1) is 34.2 Å². The molecule has 0 aromatic rings. The van der Waals surface area contributed by atoms with Crippen LogP contribution in [0.25, 0.3) is 0 Å². The minimum atomic E-state index is -3.13. The third-order valence-electron chi connectivity index (χ3n) is 7.66. The first-order chi connectivity index (χ1) is 15.8. The van der Waals surface area contributed by atoms with E-state index in [-0.39, 0.29) is 23.7 Å². The summed E-state index contributed by atoms with van der Waals surface area (Å²) in [4.78, 5) is 0. The summed E-state index contributed by atoms with van der Waals surface area (Å²) in [5.74, 6) is 0.363. The zero-order valence-electron chi connectivity index (χ0n) is 21.3. The summed E-state index contributed by atoms with van der Waals surface area (Å²) in [5.41, 5.74) is 0. The van der Waals surface area contributed by atoms with Crippen molar-refractivity contribution in [2.24, 2.45) is 0 Å². The number of rotatable bonds is 18. The third-order valence-corrected chi connectivity index (χ3v) is 12.2. The van der Waals surface area contributed by atoms with Crippen LogP contribution in [0, 0.1) is 0 Å². The monoisotopic (exact) mass is 506 g/mol. The van der Waals surface area contributed by atoms with Crippen molar-refractivity contribution in [2.75, 3.05) is 11.5 Å². The van der Waals surface area contributed by atoms with Gasteiger partial charge in [-0.2, -0.15) is 0 Å². The summed E-state index contributed by atoms with van der Waals surface area (Å²) in [6, 6.07) is 0. The maximum absolute atomic E-state index is 12.7. The third kappa shape index (κ3) is 9.79. The molecule has 5 nitrogen and oxygen atoms in total. The lowest BCUT2D eigenvalue weighted by atomic mass is 10.0. The van der Waals surface area contributed by atoms with Crippen LogP contribution >= 0.6 is 0 Å². The SMILES string of the molecule is CCCCCCCCCC1C(OC2CCS(=O)(=O)C2CCCCCCCCC)CCS1(=O)=O. The van der Waals surface area contributed by atoms with Crippen LogP contribution in [-0.4, -0.2) is 51.0 Å². The van der Waals surface area contributed by atoms with Crippen molar-refractivity contribution in [3.63, 3.8) is 0 Å². The smallest absolute Gasteiger partial charge is 0.155 e. The summed E-state index contributed by atoms with van der Waals surface area (Å²) in [6.45, 7) is 4.42. The predicted molar refractivity (Wildman–Crippen MR) is 138 cm³/mol. The Morgan fingerprint density at radius 3 is 1.24 bits per heavy atom. The summed E-state index contributed by atoms with van der Waals surface area (Å²) >= 11 is 0. The molecule has 0 saturated carbocycles. The standard InChI is InChI=1S/C26H50O5S2/c1-3-5-7-9-11-13-15-17-25-23(19-21-32(25,27)28)31-24-20-22-33(29,30)26(24)18-16-14-12-10-8-6-4-2/h23-26H,3-22H2,1-2H3. The minimum absolute atomic E-state index is 0.181. The molecular formula is C26H50O5S2. The largest absolute Gasteiger partial charge is 0.372 e. The molecule has 0 aliphatic carbocycles. The van der Waals surface area contributed by atoms with Gasteiger partial charge in [0, 0.05) is 0 Å². The van der Waals surface area contributed by atoms with E-state index in [1.54, 1.807) is 0 Å². The zero-order chi connectivity index (χ0) is 24.2. The van der Waals surface area contributed by atoms with Crippen LogP contribution in [0.1, 0.15) is 129 Å². The molecule has 2 heterocycles. The number of sulfone groups is 2. The second kappa shape index (κ2) is 15.1. The van der Waals surface area contributed by atoms with E-state index in [0.717, 1.165) is 25.7 Å². The minimum Gasteiger partial charge on any atom is -0.372 e. The molecule has 33 heavy (non-hydrogen) atoms. The first-order valence-corrected chi connectivity index (χ1v) is 17.3. The molecular weight excluding hydrogens is 456 g/mol. The topological polar surface area (TPSA) is 77.5 Å². The van der Waals surface area contributed by atoms with Crippen molar-refractivity contribution in [2.45, 2.75) is 152 Å². The molecule has 0 aromatic heterocycles. The van der Waals surface area contributed by atoms with Gasteiger partial charge in [-0.3, -0.25) is 0 Å². The van der Waals surface area contributed by atoms with E-state index in [4.69, 9.17) is 4.74 Å². The Morgan fingerprint density at radius 2 is 0.879 bits per heavy atom. The van der Waals surface area contributed by atoms with Gasteiger partial charge in [-0.1, -0.05) is 104 Å². The van der Waals surface area contributed by atoms with Gasteiger partial charge in [0.25, 0.3) is 0 Å². The maximum atomic E-state index is 12.7. The molecule has 2 aliphatic heterocycles. The van der Waals surface area contributed by atoms with Crippen molar-refractivity contribution >= 4 is 19.7 Å². The van der Waals surface area contributed by atoms with Crippen molar-refractivity contribution in [3.8, 4) is 0 Å². The highest BCUT2D eigenvalue weighted by Gasteiger charge is 2.46.